The number of aromatic nitrogens is 1. The molecule has 0 bridgehead atoms. The Balaban J connectivity index is 1.97. The van der Waals surface area contributed by atoms with Gasteiger partial charge < -0.3 is 4.74 Å². The maximum absolute atomic E-state index is 5.83. The lowest BCUT2D eigenvalue weighted by Crippen LogP contribution is -2.10. The van der Waals surface area contributed by atoms with Gasteiger partial charge in [0.2, 0.25) is 0 Å². The molecule has 0 radical (unpaired) electrons. The van der Waals surface area contributed by atoms with Crippen molar-refractivity contribution in [3.8, 4) is 5.75 Å². The van der Waals surface area contributed by atoms with Gasteiger partial charge in [0.1, 0.15) is 5.75 Å². The topological polar surface area (TPSA) is 22.1 Å². The Morgan fingerprint density at radius 2 is 1.89 bits per heavy atom. The Kier molecular flexibility index (Phi) is 4.35. The molecule has 1 aromatic carbocycles. The van der Waals surface area contributed by atoms with E-state index in [0.717, 1.165) is 17.9 Å². The van der Waals surface area contributed by atoms with Crippen molar-refractivity contribution >= 4 is 0 Å². The Labute approximate surface area is 109 Å². The molecule has 94 valence electrons. The van der Waals surface area contributed by atoms with Crippen LogP contribution in [0.5, 0.6) is 5.75 Å². The summed E-state index contributed by atoms with van der Waals surface area (Å²) in [6, 6.07) is 14.2. The second-order valence-electron chi connectivity index (χ2n) is 4.48. The van der Waals surface area contributed by atoms with E-state index in [4.69, 9.17) is 4.74 Å². The number of aryl methyl sites for hydroxylation is 1. The second kappa shape index (κ2) is 6.20. The highest BCUT2D eigenvalue weighted by Crippen LogP contribution is 2.19. The van der Waals surface area contributed by atoms with Crippen LogP contribution < -0.4 is 4.74 Å². The molecule has 2 heteroatoms. The monoisotopic (exact) mass is 241 g/mol. The molecule has 0 saturated carbocycles. The average Bonchev–Trinajstić information content (AvgIpc) is 2.43. The lowest BCUT2D eigenvalue weighted by atomic mass is 10.0. The molecule has 0 spiro atoms. The van der Waals surface area contributed by atoms with Crippen LogP contribution in [0.3, 0.4) is 0 Å². The van der Waals surface area contributed by atoms with Crippen molar-refractivity contribution in [2.45, 2.75) is 26.2 Å². The molecular weight excluding hydrogens is 222 g/mol. The SMILES string of the molecule is CCC(COc1ccc(C)cc1)c1ccccn1. The molecule has 2 aromatic rings. The van der Waals surface area contributed by atoms with Gasteiger partial charge in [-0.15, -0.1) is 0 Å². The zero-order valence-electron chi connectivity index (χ0n) is 11.0. The molecule has 2 rings (SSSR count). The number of hydrogen-bond donors (Lipinski definition) is 0. The molecule has 0 fully saturated rings. The van der Waals surface area contributed by atoms with Crippen LogP contribution in [0.25, 0.3) is 0 Å². The largest absolute Gasteiger partial charge is 0.493 e. The van der Waals surface area contributed by atoms with Gasteiger partial charge in [-0.25, -0.2) is 0 Å². The van der Waals surface area contributed by atoms with E-state index in [1.807, 2.05) is 30.5 Å². The minimum absolute atomic E-state index is 0.354. The maximum atomic E-state index is 5.83. The van der Waals surface area contributed by atoms with Gasteiger partial charge in [-0.1, -0.05) is 30.7 Å². The van der Waals surface area contributed by atoms with Gasteiger partial charge in [-0.05, 0) is 37.6 Å². The van der Waals surface area contributed by atoms with E-state index in [2.05, 4.69) is 37.0 Å². The van der Waals surface area contributed by atoms with E-state index < -0.39 is 0 Å². The van der Waals surface area contributed by atoms with Gasteiger partial charge in [0.15, 0.2) is 0 Å². The molecule has 1 aromatic heterocycles. The molecule has 1 atom stereocenters. The Hall–Kier alpha value is -1.83. The molecule has 0 aliphatic carbocycles. The number of benzene rings is 1. The van der Waals surface area contributed by atoms with E-state index in [0.29, 0.717) is 12.5 Å². The minimum atomic E-state index is 0.354. The number of ether oxygens (including phenoxy) is 1. The van der Waals surface area contributed by atoms with Crippen molar-refractivity contribution in [1.29, 1.82) is 0 Å². The van der Waals surface area contributed by atoms with Crippen molar-refractivity contribution in [3.63, 3.8) is 0 Å². The average molecular weight is 241 g/mol. The van der Waals surface area contributed by atoms with E-state index in [1.165, 1.54) is 5.56 Å². The number of rotatable bonds is 5. The van der Waals surface area contributed by atoms with Crippen LogP contribution in [0.1, 0.15) is 30.5 Å². The van der Waals surface area contributed by atoms with Crippen molar-refractivity contribution in [3.05, 3.63) is 59.9 Å². The third-order valence-electron chi connectivity index (χ3n) is 3.07. The van der Waals surface area contributed by atoms with Crippen molar-refractivity contribution in [2.75, 3.05) is 6.61 Å². The summed E-state index contributed by atoms with van der Waals surface area (Å²) in [7, 11) is 0. The standard InChI is InChI=1S/C16H19NO/c1-3-14(16-6-4-5-11-17-16)12-18-15-9-7-13(2)8-10-15/h4-11,14H,3,12H2,1-2H3. The fourth-order valence-electron chi connectivity index (χ4n) is 1.86. The first kappa shape index (κ1) is 12.6. The molecule has 0 N–H and O–H groups in total. The van der Waals surface area contributed by atoms with Crippen molar-refractivity contribution < 1.29 is 4.74 Å². The lowest BCUT2D eigenvalue weighted by molar-refractivity contribution is 0.282. The van der Waals surface area contributed by atoms with Crippen LogP contribution in [0, 0.1) is 6.92 Å². The molecule has 18 heavy (non-hydrogen) atoms. The first-order chi connectivity index (χ1) is 8.79. The smallest absolute Gasteiger partial charge is 0.119 e. The molecule has 0 saturated heterocycles. The Bertz CT molecular complexity index is 464. The van der Waals surface area contributed by atoms with Crippen LogP contribution in [0.15, 0.2) is 48.7 Å². The second-order valence-corrected chi connectivity index (χ2v) is 4.48. The van der Waals surface area contributed by atoms with E-state index >= 15 is 0 Å². The zero-order chi connectivity index (χ0) is 12.8. The van der Waals surface area contributed by atoms with E-state index in [9.17, 15) is 0 Å². The van der Waals surface area contributed by atoms with Crippen molar-refractivity contribution in [2.24, 2.45) is 0 Å². The van der Waals surface area contributed by atoms with Gasteiger partial charge in [0, 0.05) is 17.8 Å². The molecule has 0 aliphatic heterocycles. The van der Waals surface area contributed by atoms with Crippen LogP contribution in [-0.2, 0) is 0 Å². The summed E-state index contributed by atoms with van der Waals surface area (Å²) in [5.74, 6) is 1.28. The first-order valence-corrected chi connectivity index (χ1v) is 6.40. The number of pyridine rings is 1. The highest BCUT2D eigenvalue weighted by atomic mass is 16.5. The summed E-state index contributed by atoms with van der Waals surface area (Å²) >= 11 is 0. The van der Waals surface area contributed by atoms with Crippen LogP contribution in [0.4, 0.5) is 0 Å². The molecule has 1 heterocycles. The van der Waals surface area contributed by atoms with E-state index in [-0.39, 0.29) is 0 Å². The van der Waals surface area contributed by atoms with Gasteiger partial charge in [0.25, 0.3) is 0 Å². The molecule has 0 amide bonds. The molecule has 0 aliphatic rings. The summed E-state index contributed by atoms with van der Waals surface area (Å²) in [4.78, 5) is 4.40. The maximum Gasteiger partial charge on any atom is 0.119 e. The Morgan fingerprint density at radius 3 is 2.50 bits per heavy atom. The highest BCUT2D eigenvalue weighted by Gasteiger charge is 2.11. The van der Waals surface area contributed by atoms with Gasteiger partial charge >= 0.3 is 0 Å². The third kappa shape index (κ3) is 3.33. The fourth-order valence-corrected chi connectivity index (χ4v) is 1.86. The number of hydrogen-bond acceptors (Lipinski definition) is 2. The highest BCUT2D eigenvalue weighted by molar-refractivity contribution is 5.26. The molecular formula is C16H19NO. The van der Waals surface area contributed by atoms with Crippen LogP contribution in [0.2, 0.25) is 0 Å². The van der Waals surface area contributed by atoms with Crippen molar-refractivity contribution in [1.82, 2.24) is 4.98 Å². The fraction of sp³-hybridized carbons (Fsp3) is 0.312. The van der Waals surface area contributed by atoms with Crippen LogP contribution >= 0.6 is 0 Å². The number of nitrogens with zero attached hydrogens (tertiary/aromatic N) is 1. The quantitative estimate of drug-likeness (QED) is 0.790. The lowest BCUT2D eigenvalue weighted by Gasteiger charge is -2.15. The van der Waals surface area contributed by atoms with Gasteiger partial charge in [-0.3, -0.25) is 4.98 Å². The predicted octanol–water partition coefficient (Wildman–Crippen LogP) is 3.96. The predicted molar refractivity (Wildman–Crippen MR) is 73.9 cm³/mol. The zero-order valence-corrected chi connectivity index (χ0v) is 11.0. The normalized spacial score (nSPS) is 12.1. The minimum Gasteiger partial charge on any atom is -0.493 e. The van der Waals surface area contributed by atoms with E-state index in [1.54, 1.807) is 0 Å². The van der Waals surface area contributed by atoms with Gasteiger partial charge in [0.05, 0.1) is 6.61 Å². The molecule has 2 nitrogen and oxygen atoms in total. The Morgan fingerprint density at radius 1 is 1.11 bits per heavy atom. The van der Waals surface area contributed by atoms with Gasteiger partial charge in [-0.2, -0.15) is 0 Å². The summed E-state index contributed by atoms with van der Waals surface area (Å²) in [6.07, 6.45) is 2.87. The summed E-state index contributed by atoms with van der Waals surface area (Å²) in [6.45, 7) is 4.92. The molecule has 1 unspecified atom stereocenters. The summed E-state index contributed by atoms with van der Waals surface area (Å²) in [5.41, 5.74) is 2.35. The first-order valence-electron chi connectivity index (χ1n) is 6.40. The van der Waals surface area contributed by atoms with Crippen LogP contribution in [-0.4, -0.2) is 11.6 Å². The summed E-state index contributed by atoms with van der Waals surface area (Å²) in [5, 5.41) is 0. The third-order valence-corrected chi connectivity index (χ3v) is 3.07. The summed E-state index contributed by atoms with van der Waals surface area (Å²) < 4.78 is 5.83.